The minimum atomic E-state index is -0.799. The Bertz CT molecular complexity index is 551. The van der Waals surface area contributed by atoms with E-state index < -0.39 is 30.4 Å². The van der Waals surface area contributed by atoms with E-state index >= 15 is 0 Å². The number of nitrogens with two attached hydrogens (primary N) is 1. The van der Waals surface area contributed by atoms with Crippen molar-refractivity contribution in [1.29, 1.82) is 0 Å². The third-order valence-electron chi connectivity index (χ3n) is 5.69. The molecule has 1 heterocycles. The molecule has 0 radical (unpaired) electrons. The van der Waals surface area contributed by atoms with Gasteiger partial charge in [0.05, 0.1) is 12.2 Å². The fraction of sp³-hybridized carbons (Fsp3) is 0.917. The summed E-state index contributed by atoms with van der Waals surface area (Å²) in [5.41, 5.74) is 5.74. The van der Waals surface area contributed by atoms with Gasteiger partial charge >= 0.3 is 11.9 Å². The summed E-state index contributed by atoms with van der Waals surface area (Å²) in [6.07, 6.45) is 1.43. The molecule has 0 saturated carbocycles. The molecule has 32 heavy (non-hydrogen) atoms. The molecule has 0 aliphatic carbocycles. The molecule has 1 aliphatic heterocycles. The van der Waals surface area contributed by atoms with Gasteiger partial charge in [-0.3, -0.25) is 9.59 Å². The van der Waals surface area contributed by atoms with Crippen molar-refractivity contribution in [3.8, 4) is 0 Å². The number of unbranched alkanes of at least 4 members (excludes halogenated alkanes) is 1. The van der Waals surface area contributed by atoms with Gasteiger partial charge in [0.2, 0.25) is 0 Å². The van der Waals surface area contributed by atoms with Crippen LogP contribution in [0.2, 0.25) is 0 Å². The minimum Gasteiger partial charge on any atom is -0.458 e. The van der Waals surface area contributed by atoms with Gasteiger partial charge in [0.15, 0.2) is 12.4 Å². The van der Waals surface area contributed by atoms with Crippen LogP contribution in [0.25, 0.3) is 0 Å². The molecule has 8 heteroatoms. The fourth-order valence-corrected chi connectivity index (χ4v) is 4.54. The molecule has 1 fully saturated rings. The maximum Gasteiger partial charge on any atom is 0.303 e. The second kappa shape index (κ2) is 14.8. The lowest BCUT2D eigenvalue weighted by Crippen LogP contribution is -2.59. The quantitative estimate of drug-likeness (QED) is 0.313. The number of hydrogen-bond donors (Lipinski definition) is 1. The second-order valence-electron chi connectivity index (χ2n) is 9.32. The molecule has 1 aliphatic rings. The predicted molar refractivity (Wildman–Crippen MR) is 124 cm³/mol. The first-order chi connectivity index (χ1) is 15.1. The summed E-state index contributed by atoms with van der Waals surface area (Å²) in [7, 11) is 0. The normalized spacial score (nSPS) is 26.0. The Hall–Kier alpha value is -1.22. The van der Waals surface area contributed by atoms with Gasteiger partial charge in [-0.1, -0.05) is 20.8 Å². The highest BCUT2D eigenvalue weighted by Gasteiger charge is 2.51. The zero-order valence-corrected chi connectivity index (χ0v) is 21.2. The van der Waals surface area contributed by atoms with Crippen LogP contribution in [0.15, 0.2) is 0 Å². The Labute approximate surface area is 194 Å². The van der Waals surface area contributed by atoms with Crippen LogP contribution in [0.1, 0.15) is 74.1 Å². The zero-order chi connectivity index (χ0) is 24.3. The summed E-state index contributed by atoms with van der Waals surface area (Å²) >= 11 is 0. The van der Waals surface area contributed by atoms with Gasteiger partial charge in [0, 0.05) is 32.9 Å². The van der Waals surface area contributed by atoms with Crippen LogP contribution in [0.4, 0.5) is 0 Å². The molecule has 1 rings (SSSR count). The van der Waals surface area contributed by atoms with Crippen LogP contribution in [0.5, 0.6) is 0 Å². The second-order valence-corrected chi connectivity index (χ2v) is 9.32. The van der Waals surface area contributed by atoms with E-state index in [0.29, 0.717) is 6.54 Å². The SMILES string of the molecule is CCCN(CCN)CCCCC1OC(OC(C)C)C(OC(C)=O)C(OC(C)=O)C1C(C)C. The van der Waals surface area contributed by atoms with E-state index in [1.54, 1.807) is 0 Å². The third-order valence-corrected chi connectivity index (χ3v) is 5.69. The molecule has 0 aromatic carbocycles. The summed E-state index contributed by atoms with van der Waals surface area (Å²) in [5, 5.41) is 0. The lowest BCUT2D eigenvalue weighted by Gasteiger charge is -2.47. The largest absolute Gasteiger partial charge is 0.458 e. The lowest BCUT2D eigenvalue weighted by molar-refractivity contribution is -0.305. The van der Waals surface area contributed by atoms with E-state index in [0.717, 1.165) is 45.3 Å². The van der Waals surface area contributed by atoms with Crippen molar-refractivity contribution in [2.75, 3.05) is 26.2 Å². The molecule has 5 unspecified atom stereocenters. The van der Waals surface area contributed by atoms with Crippen molar-refractivity contribution in [3.05, 3.63) is 0 Å². The Morgan fingerprint density at radius 1 is 0.969 bits per heavy atom. The Balaban J connectivity index is 2.99. The first kappa shape index (κ1) is 28.8. The number of rotatable bonds is 14. The molecular formula is C24H46N2O6. The molecule has 0 spiro atoms. The first-order valence-electron chi connectivity index (χ1n) is 12.2. The van der Waals surface area contributed by atoms with Gasteiger partial charge in [-0.05, 0) is 58.5 Å². The Kier molecular flexibility index (Phi) is 13.4. The van der Waals surface area contributed by atoms with Crippen molar-refractivity contribution < 1.29 is 28.5 Å². The maximum atomic E-state index is 11.9. The van der Waals surface area contributed by atoms with Crippen LogP contribution in [-0.4, -0.2) is 73.7 Å². The summed E-state index contributed by atoms with van der Waals surface area (Å²) in [5.74, 6) is -0.800. The molecule has 0 aromatic heterocycles. The summed E-state index contributed by atoms with van der Waals surface area (Å²) in [4.78, 5) is 26.2. The molecule has 0 bridgehead atoms. The topological polar surface area (TPSA) is 100 Å². The van der Waals surface area contributed by atoms with Crippen LogP contribution in [0, 0.1) is 11.8 Å². The van der Waals surface area contributed by atoms with Crippen molar-refractivity contribution >= 4 is 11.9 Å². The number of ether oxygens (including phenoxy) is 4. The number of esters is 2. The fourth-order valence-electron chi connectivity index (χ4n) is 4.54. The number of nitrogens with zero attached hydrogens (tertiary/aromatic N) is 1. The van der Waals surface area contributed by atoms with Crippen LogP contribution >= 0.6 is 0 Å². The van der Waals surface area contributed by atoms with Crippen molar-refractivity contribution in [3.63, 3.8) is 0 Å². The van der Waals surface area contributed by atoms with Gasteiger partial charge in [0.1, 0.15) is 6.10 Å². The number of carbonyl (C=O) groups is 2. The van der Waals surface area contributed by atoms with Gasteiger partial charge < -0.3 is 29.6 Å². The highest BCUT2D eigenvalue weighted by atomic mass is 16.7. The average Bonchev–Trinajstić information content (AvgIpc) is 2.66. The summed E-state index contributed by atoms with van der Waals surface area (Å²) in [6.45, 7) is 16.5. The highest BCUT2D eigenvalue weighted by Crippen LogP contribution is 2.38. The molecule has 1 saturated heterocycles. The smallest absolute Gasteiger partial charge is 0.303 e. The monoisotopic (exact) mass is 458 g/mol. The van der Waals surface area contributed by atoms with Crippen molar-refractivity contribution in [2.45, 2.75) is 105 Å². The summed E-state index contributed by atoms with van der Waals surface area (Å²) < 4.78 is 23.6. The van der Waals surface area contributed by atoms with E-state index in [4.69, 9.17) is 24.7 Å². The third kappa shape index (κ3) is 9.73. The van der Waals surface area contributed by atoms with E-state index in [-0.39, 0.29) is 24.0 Å². The highest BCUT2D eigenvalue weighted by molar-refractivity contribution is 5.67. The lowest BCUT2D eigenvalue weighted by atomic mass is 9.78. The van der Waals surface area contributed by atoms with Gasteiger partial charge in [-0.2, -0.15) is 0 Å². The summed E-state index contributed by atoms with van der Waals surface area (Å²) in [6, 6.07) is 0. The molecule has 188 valence electrons. The van der Waals surface area contributed by atoms with Crippen molar-refractivity contribution in [2.24, 2.45) is 17.6 Å². The molecule has 0 amide bonds. The van der Waals surface area contributed by atoms with Gasteiger partial charge in [-0.25, -0.2) is 0 Å². The molecular weight excluding hydrogens is 412 g/mol. The van der Waals surface area contributed by atoms with E-state index in [9.17, 15) is 9.59 Å². The van der Waals surface area contributed by atoms with E-state index in [2.05, 4.69) is 25.7 Å². The minimum absolute atomic E-state index is 0.106. The number of hydrogen-bond acceptors (Lipinski definition) is 8. The molecule has 0 aromatic rings. The van der Waals surface area contributed by atoms with Crippen LogP contribution in [-0.2, 0) is 28.5 Å². The zero-order valence-electron chi connectivity index (χ0n) is 21.2. The molecule has 2 N–H and O–H groups in total. The van der Waals surface area contributed by atoms with E-state index in [1.165, 1.54) is 13.8 Å². The van der Waals surface area contributed by atoms with Crippen LogP contribution < -0.4 is 5.73 Å². The van der Waals surface area contributed by atoms with Crippen molar-refractivity contribution in [1.82, 2.24) is 4.90 Å². The molecule has 5 atom stereocenters. The van der Waals surface area contributed by atoms with E-state index in [1.807, 2.05) is 13.8 Å². The Morgan fingerprint density at radius 3 is 2.09 bits per heavy atom. The predicted octanol–water partition coefficient (Wildman–Crippen LogP) is 3.11. The standard InChI is InChI=1S/C24H46N2O6/c1-8-13-26(15-12-25)14-10-9-11-20-21(16(2)3)22(30-18(6)27)23(31-19(7)28)24(32-20)29-17(4)5/h16-17,20-24H,8-15,25H2,1-7H3. The first-order valence-corrected chi connectivity index (χ1v) is 12.2. The average molecular weight is 459 g/mol. The Morgan fingerprint density at radius 2 is 1.59 bits per heavy atom. The van der Waals surface area contributed by atoms with Crippen LogP contribution in [0.3, 0.4) is 0 Å². The van der Waals surface area contributed by atoms with Gasteiger partial charge in [0.25, 0.3) is 0 Å². The van der Waals surface area contributed by atoms with Gasteiger partial charge in [-0.15, -0.1) is 0 Å². The maximum absolute atomic E-state index is 11.9. The number of carbonyl (C=O) groups excluding carboxylic acids is 2. The molecule has 8 nitrogen and oxygen atoms in total.